The van der Waals surface area contributed by atoms with Gasteiger partial charge in [-0.1, -0.05) is 0 Å². The summed E-state index contributed by atoms with van der Waals surface area (Å²) in [6.45, 7) is 3.38. The molecule has 0 fully saturated rings. The van der Waals surface area contributed by atoms with Crippen molar-refractivity contribution in [2.75, 3.05) is 26.7 Å². The fourth-order valence-corrected chi connectivity index (χ4v) is 2.32. The van der Waals surface area contributed by atoms with E-state index in [4.69, 9.17) is 20.7 Å². The third-order valence-corrected chi connectivity index (χ3v) is 3.99. The van der Waals surface area contributed by atoms with Gasteiger partial charge in [0.15, 0.2) is 6.23 Å². The van der Waals surface area contributed by atoms with Crippen molar-refractivity contribution in [1.82, 2.24) is 9.55 Å². The van der Waals surface area contributed by atoms with Gasteiger partial charge in [0.25, 0.3) is 5.56 Å². The van der Waals surface area contributed by atoms with Crippen LogP contribution in [0.25, 0.3) is 0 Å². The molecule has 0 aliphatic rings. The molecule has 0 bridgehead atoms. The Labute approximate surface area is 151 Å². The number of aromatic amines is 1. The van der Waals surface area contributed by atoms with E-state index in [1.807, 2.05) is 0 Å². The van der Waals surface area contributed by atoms with E-state index in [0.717, 1.165) is 16.7 Å². The van der Waals surface area contributed by atoms with Gasteiger partial charge in [-0.05, 0) is 19.9 Å². The number of aliphatic hydroxyl groups is 1. The van der Waals surface area contributed by atoms with E-state index >= 15 is 0 Å². The molecule has 0 aromatic carbocycles. The number of H-pyrrole nitrogens is 1. The number of aromatic nitrogens is 2. The van der Waals surface area contributed by atoms with Crippen molar-refractivity contribution in [3.8, 4) is 0 Å². The van der Waals surface area contributed by atoms with Gasteiger partial charge < -0.3 is 24.2 Å². The number of aliphatic hydroxyl groups excluding tert-OH is 1. The Morgan fingerprint density at radius 2 is 2.12 bits per heavy atom. The summed E-state index contributed by atoms with van der Waals surface area (Å²) in [5, 5.41) is 8.96. The minimum Gasteiger partial charge on any atom is -0.386 e. The predicted octanol–water partition coefficient (Wildman–Crippen LogP) is 0.226. The minimum absolute atomic E-state index is 0.0796. The lowest BCUT2D eigenvalue weighted by Crippen LogP contribution is -2.36. The first-order valence-corrected chi connectivity index (χ1v) is 9.64. The molecule has 3 N–H and O–H groups in total. The largest absolute Gasteiger partial charge is 0.386 e. The Morgan fingerprint density at radius 3 is 2.65 bits per heavy atom. The molecule has 0 aliphatic carbocycles. The average molecular weight is 393 g/mol. The summed E-state index contributed by atoms with van der Waals surface area (Å²) in [6.07, 6.45) is -1.00. The first-order valence-electron chi connectivity index (χ1n) is 8.29. The van der Waals surface area contributed by atoms with Gasteiger partial charge in [0, 0.05) is 25.2 Å². The normalized spacial score (nSPS) is 17.6. The summed E-state index contributed by atoms with van der Waals surface area (Å²) in [7, 11) is -2.83. The maximum Gasteiger partial charge on any atom is 0.330 e. The lowest BCUT2D eigenvalue weighted by Gasteiger charge is -2.24. The molecular weight excluding hydrogens is 367 g/mol. The Morgan fingerprint density at radius 1 is 1.42 bits per heavy atom. The molecule has 1 rings (SSSR count). The quantitative estimate of drug-likeness (QED) is 0.454. The summed E-state index contributed by atoms with van der Waals surface area (Å²) in [5.74, 6) is -0.702. The highest BCUT2D eigenvalue weighted by atomic mass is 31.2. The highest BCUT2D eigenvalue weighted by Crippen LogP contribution is 2.40. The number of methoxy groups -OCH3 is 1. The molecule has 1 heterocycles. The molecule has 148 valence electrons. The molecule has 0 saturated heterocycles. The summed E-state index contributed by atoms with van der Waals surface area (Å²) < 4.78 is 36.8. The summed E-state index contributed by atoms with van der Waals surface area (Å²) >= 11 is 0. The van der Waals surface area contributed by atoms with E-state index in [1.165, 1.54) is 13.3 Å². The van der Waals surface area contributed by atoms with Crippen LogP contribution in [0, 0.1) is 0 Å². The summed E-state index contributed by atoms with van der Waals surface area (Å²) in [4.78, 5) is 34.9. The second kappa shape index (κ2) is 10.6. The van der Waals surface area contributed by atoms with Crippen molar-refractivity contribution in [2.24, 2.45) is 0 Å². The topological polar surface area (TPSA) is 140 Å². The monoisotopic (exact) mass is 393 g/mol. The zero-order valence-electron chi connectivity index (χ0n) is 15.8. The van der Waals surface area contributed by atoms with E-state index in [0.29, 0.717) is 0 Å². The van der Waals surface area contributed by atoms with Crippen LogP contribution in [0.3, 0.4) is 0 Å². The molecule has 26 heavy (non-hydrogen) atoms. The predicted molar refractivity (Wildman–Crippen MR) is 94.2 cm³/mol. The maximum atomic E-state index is 12.0. The first kappa shape index (κ1) is 20.8. The Kier molecular flexibility index (Phi) is 8.43. The lowest BCUT2D eigenvalue weighted by atomic mass is 10.3. The SMILES string of the molecule is [2H]/C(=C\[C@H](COC(C)C)O[C@H](COC)n1ccc(=O)[nH]c1=O)P(=O)(O)CO. The number of nitrogens with one attached hydrogen (secondary N) is 1. The van der Waals surface area contributed by atoms with Gasteiger partial charge in [0.1, 0.15) is 12.5 Å². The van der Waals surface area contributed by atoms with Crippen LogP contribution in [0.5, 0.6) is 0 Å². The van der Waals surface area contributed by atoms with Gasteiger partial charge >= 0.3 is 5.69 Å². The van der Waals surface area contributed by atoms with Gasteiger partial charge in [0.2, 0.25) is 7.37 Å². The molecule has 10 nitrogen and oxygen atoms in total. The number of nitrogens with zero attached hydrogens (tertiary/aromatic N) is 1. The highest BCUT2D eigenvalue weighted by molar-refractivity contribution is 7.61. The van der Waals surface area contributed by atoms with Gasteiger partial charge in [0.05, 0.1) is 20.7 Å². The van der Waals surface area contributed by atoms with Crippen LogP contribution < -0.4 is 11.2 Å². The van der Waals surface area contributed by atoms with E-state index in [9.17, 15) is 19.0 Å². The molecule has 0 radical (unpaired) electrons. The van der Waals surface area contributed by atoms with Gasteiger partial charge in [-0.25, -0.2) is 4.79 Å². The fraction of sp³-hybridized carbons (Fsp3) is 0.600. The Hall–Kier alpha value is -1.55. The van der Waals surface area contributed by atoms with Crippen molar-refractivity contribution in [1.29, 1.82) is 0 Å². The Bertz CT molecular complexity index is 791. The van der Waals surface area contributed by atoms with E-state index in [2.05, 4.69) is 4.98 Å². The molecule has 0 aliphatic heterocycles. The Balaban J connectivity index is 3.18. The van der Waals surface area contributed by atoms with Crippen LogP contribution in [0.1, 0.15) is 21.4 Å². The standard InChI is InChI=1S/C15H25N2O8P/c1-11(2)24-8-12(5-7-26(21,22)10-18)25-14(9-23-3)17-6-4-13(19)16-15(17)20/h4-7,11-12,14,18H,8-10H2,1-3H3,(H,21,22)(H,16,19,20)/b7-5+/t12-,14-/m1/s1/i7D. The molecule has 3 atom stereocenters. The van der Waals surface area contributed by atoms with Gasteiger partial charge in [-0.2, -0.15) is 0 Å². The van der Waals surface area contributed by atoms with Crippen LogP contribution in [-0.2, 0) is 18.8 Å². The van der Waals surface area contributed by atoms with Crippen LogP contribution >= 0.6 is 7.37 Å². The van der Waals surface area contributed by atoms with E-state index in [1.54, 1.807) is 13.8 Å². The second-order valence-corrected chi connectivity index (χ2v) is 7.57. The molecule has 1 aromatic rings. The third kappa shape index (κ3) is 7.77. The van der Waals surface area contributed by atoms with E-state index in [-0.39, 0.29) is 19.3 Å². The zero-order chi connectivity index (χ0) is 20.6. The lowest BCUT2D eigenvalue weighted by molar-refractivity contribution is -0.102. The van der Waals surface area contributed by atoms with Crippen molar-refractivity contribution in [2.45, 2.75) is 32.3 Å². The van der Waals surface area contributed by atoms with Crippen LogP contribution in [0.15, 0.2) is 33.7 Å². The molecule has 1 unspecified atom stereocenters. The molecule has 1 aromatic heterocycles. The molecule has 0 saturated carbocycles. The third-order valence-electron chi connectivity index (χ3n) is 3.05. The number of ether oxygens (including phenoxy) is 3. The van der Waals surface area contributed by atoms with Gasteiger partial charge in [-0.3, -0.25) is 18.9 Å². The molecule has 0 spiro atoms. The zero-order valence-corrected chi connectivity index (χ0v) is 15.7. The van der Waals surface area contributed by atoms with E-state index < -0.39 is 43.1 Å². The van der Waals surface area contributed by atoms with Crippen LogP contribution in [-0.4, -0.2) is 58.4 Å². The minimum atomic E-state index is -4.21. The van der Waals surface area contributed by atoms with Crippen molar-refractivity contribution < 1.29 is 30.1 Å². The fourth-order valence-electron chi connectivity index (χ4n) is 1.84. The average Bonchev–Trinajstić information content (AvgIpc) is 2.59. The van der Waals surface area contributed by atoms with Crippen LogP contribution in [0.4, 0.5) is 0 Å². The van der Waals surface area contributed by atoms with Crippen molar-refractivity contribution in [3.63, 3.8) is 0 Å². The number of hydrogen-bond acceptors (Lipinski definition) is 7. The molecule has 11 heteroatoms. The maximum absolute atomic E-state index is 12.0. The highest BCUT2D eigenvalue weighted by Gasteiger charge is 2.20. The van der Waals surface area contributed by atoms with Crippen molar-refractivity contribution >= 4 is 7.37 Å². The van der Waals surface area contributed by atoms with Crippen molar-refractivity contribution in [3.05, 3.63) is 45.0 Å². The smallest absolute Gasteiger partial charge is 0.330 e. The molecule has 0 amide bonds. The number of hydrogen-bond donors (Lipinski definition) is 3. The van der Waals surface area contributed by atoms with Crippen LogP contribution in [0.2, 0.25) is 0 Å². The number of rotatable bonds is 11. The summed E-state index contributed by atoms with van der Waals surface area (Å²) in [5.41, 5.74) is -1.31. The second-order valence-electron chi connectivity index (χ2n) is 5.62. The van der Waals surface area contributed by atoms with Gasteiger partial charge in [-0.15, -0.1) is 0 Å². The first-order chi connectivity index (χ1) is 12.6. The summed E-state index contributed by atoms with van der Waals surface area (Å²) in [6, 6.07) is 1.13. The molecular formula is C15H25N2O8P.